The average molecular weight is 224 g/mol. The number of carbonyl (C=O) groups excluding carboxylic acids is 1. The van der Waals surface area contributed by atoms with E-state index >= 15 is 0 Å². The lowest BCUT2D eigenvalue weighted by molar-refractivity contribution is 0.0561. The average Bonchev–Trinajstić information content (AvgIpc) is 2.68. The summed E-state index contributed by atoms with van der Waals surface area (Å²) in [6.07, 6.45) is 0. The van der Waals surface area contributed by atoms with E-state index in [1.165, 1.54) is 0 Å². The van der Waals surface area contributed by atoms with Crippen LogP contribution < -0.4 is 5.73 Å². The molecule has 88 valence electrons. The lowest BCUT2D eigenvalue weighted by Crippen LogP contribution is -2.52. The molecule has 1 aromatic heterocycles. The smallest absolute Gasteiger partial charge is 0.291 e. The van der Waals surface area contributed by atoms with Gasteiger partial charge < -0.3 is 15.5 Å². The molecule has 1 atom stereocenters. The van der Waals surface area contributed by atoms with Crippen LogP contribution in [-0.4, -0.2) is 63.6 Å². The first-order valence-corrected chi connectivity index (χ1v) is 5.25. The van der Waals surface area contributed by atoms with E-state index in [-0.39, 0.29) is 17.7 Å². The van der Waals surface area contributed by atoms with Crippen molar-refractivity contribution in [2.24, 2.45) is 0 Å². The van der Waals surface area contributed by atoms with Gasteiger partial charge in [0, 0.05) is 25.7 Å². The normalized spacial score (nSPS) is 22.4. The van der Waals surface area contributed by atoms with Crippen LogP contribution in [0.2, 0.25) is 0 Å². The van der Waals surface area contributed by atoms with Gasteiger partial charge in [0.25, 0.3) is 5.91 Å². The number of aromatic nitrogens is 3. The molecule has 1 aromatic rings. The van der Waals surface area contributed by atoms with Crippen LogP contribution >= 0.6 is 0 Å². The molecule has 1 amide bonds. The summed E-state index contributed by atoms with van der Waals surface area (Å²) in [4.78, 5) is 19.8. The monoisotopic (exact) mass is 224 g/mol. The first-order valence-electron chi connectivity index (χ1n) is 5.25. The second-order valence-electron chi connectivity index (χ2n) is 4.12. The minimum absolute atomic E-state index is 0.102. The summed E-state index contributed by atoms with van der Waals surface area (Å²) in [5.41, 5.74) is 5.36. The molecule has 0 saturated carbocycles. The molecule has 3 N–H and O–H groups in total. The van der Waals surface area contributed by atoms with E-state index in [2.05, 4.69) is 34.1 Å². The SMILES string of the molecule is CC1CN(C(=O)c2nc(N)n[nH]2)CCN1C. The fourth-order valence-electron chi connectivity index (χ4n) is 1.75. The zero-order chi connectivity index (χ0) is 11.7. The number of H-pyrrole nitrogens is 1. The summed E-state index contributed by atoms with van der Waals surface area (Å²) in [6, 6.07) is 0.359. The molecule has 1 saturated heterocycles. The third kappa shape index (κ3) is 1.99. The molecule has 1 unspecified atom stereocenters. The van der Waals surface area contributed by atoms with Crippen molar-refractivity contribution >= 4 is 11.9 Å². The van der Waals surface area contributed by atoms with Crippen molar-refractivity contribution in [3.8, 4) is 0 Å². The van der Waals surface area contributed by atoms with Crippen molar-refractivity contribution in [3.05, 3.63) is 5.82 Å². The van der Waals surface area contributed by atoms with Crippen LogP contribution in [0, 0.1) is 0 Å². The molecule has 1 fully saturated rings. The van der Waals surface area contributed by atoms with Crippen LogP contribution in [0.25, 0.3) is 0 Å². The maximum absolute atomic E-state index is 12.0. The number of nitrogen functional groups attached to an aromatic ring is 1. The Morgan fingerprint density at radius 3 is 2.88 bits per heavy atom. The fourth-order valence-corrected chi connectivity index (χ4v) is 1.75. The number of aromatic amines is 1. The van der Waals surface area contributed by atoms with Gasteiger partial charge >= 0.3 is 0 Å². The number of nitrogens with one attached hydrogen (secondary N) is 1. The molecule has 1 aliphatic heterocycles. The maximum atomic E-state index is 12.0. The Hall–Kier alpha value is -1.63. The number of piperazine rings is 1. The van der Waals surface area contributed by atoms with Crippen molar-refractivity contribution in [1.29, 1.82) is 0 Å². The number of rotatable bonds is 1. The van der Waals surface area contributed by atoms with Gasteiger partial charge in [-0.25, -0.2) is 0 Å². The van der Waals surface area contributed by atoms with E-state index in [0.29, 0.717) is 19.1 Å². The number of likely N-dealkylation sites (N-methyl/N-ethyl adjacent to an activating group) is 1. The highest BCUT2D eigenvalue weighted by Crippen LogP contribution is 2.09. The Kier molecular flexibility index (Phi) is 2.78. The number of amides is 1. The largest absolute Gasteiger partial charge is 0.366 e. The van der Waals surface area contributed by atoms with Gasteiger partial charge in [-0.3, -0.25) is 9.89 Å². The molecule has 7 nitrogen and oxygen atoms in total. The predicted octanol–water partition coefficient (Wildman–Crippen LogP) is -0.837. The molecule has 0 radical (unpaired) electrons. The van der Waals surface area contributed by atoms with Gasteiger partial charge in [0.2, 0.25) is 11.8 Å². The minimum atomic E-state index is -0.135. The Morgan fingerprint density at radius 1 is 1.56 bits per heavy atom. The second kappa shape index (κ2) is 4.09. The Morgan fingerprint density at radius 2 is 2.31 bits per heavy atom. The summed E-state index contributed by atoms with van der Waals surface area (Å²) in [5.74, 6) is 0.184. The van der Waals surface area contributed by atoms with Crippen molar-refractivity contribution in [2.75, 3.05) is 32.4 Å². The standard InChI is InChI=1S/C9H16N6O/c1-6-5-15(4-3-14(6)2)8(16)7-11-9(10)13-12-7/h6H,3-5H2,1-2H3,(H3,10,11,12,13). The Bertz CT molecular complexity index is 389. The number of anilines is 1. The van der Waals surface area contributed by atoms with Crippen LogP contribution in [0.15, 0.2) is 0 Å². The van der Waals surface area contributed by atoms with E-state index in [9.17, 15) is 4.79 Å². The van der Waals surface area contributed by atoms with Gasteiger partial charge in [0.05, 0.1) is 0 Å². The third-order valence-electron chi connectivity index (χ3n) is 2.95. The van der Waals surface area contributed by atoms with Crippen LogP contribution in [0.3, 0.4) is 0 Å². The van der Waals surface area contributed by atoms with Crippen molar-refractivity contribution in [2.45, 2.75) is 13.0 Å². The molecule has 7 heteroatoms. The minimum Gasteiger partial charge on any atom is -0.366 e. The van der Waals surface area contributed by atoms with Gasteiger partial charge in [-0.2, -0.15) is 4.98 Å². The predicted molar refractivity (Wildman–Crippen MR) is 58.8 cm³/mol. The lowest BCUT2D eigenvalue weighted by atomic mass is 10.2. The molecule has 0 spiro atoms. The molecular formula is C9H16N6O. The third-order valence-corrected chi connectivity index (χ3v) is 2.95. The number of carbonyl (C=O) groups is 1. The number of nitrogens with two attached hydrogens (primary N) is 1. The highest BCUT2D eigenvalue weighted by molar-refractivity contribution is 5.90. The van der Waals surface area contributed by atoms with E-state index < -0.39 is 0 Å². The molecular weight excluding hydrogens is 208 g/mol. The lowest BCUT2D eigenvalue weighted by Gasteiger charge is -2.37. The van der Waals surface area contributed by atoms with Crippen LogP contribution in [0.4, 0.5) is 5.95 Å². The summed E-state index contributed by atoms with van der Waals surface area (Å²) in [6.45, 7) is 4.38. The molecule has 16 heavy (non-hydrogen) atoms. The Labute approximate surface area is 93.6 Å². The van der Waals surface area contributed by atoms with E-state index in [0.717, 1.165) is 6.54 Å². The first-order chi connectivity index (χ1) is 7.58. The first kappa shape index (κ1) is 10.9. The second-order valence-corrected chi connectivity index (χ2v) is 4.12. The van der Waals surface area contributed by atoms with Crippen molar-refractivity contribution in [1.82, 2.24) is 25.0 Å². The van der Waals surface area contributed by atoms with Gasteiger partial charge in [0.1, 0.15) is 0 Å². The summed E-state index contributed by atoms with van der Waals surface area (Å²) in [7, 11) is 2.05. The number of hydrogen-bond acceptors (Lipinski definition) is 5. The highest BCUT2D eigenvalue weighted by Gasteiger charge is 2.26. The van der Waals surface area contributed by atoms with Gasteiger partial charge in [-0.05, 0) is 14.0 Å². The molecule has 2 heterocycles. The van der Waals surface area contributed by atoms with E-state index in [4.69, 9.17) is 5.73 Å². The summed E-state index contributed by atoms with van der Waals surface area (Å²) in [5, 5.41) is 6.19. The van der Waals surface area contributed by atoms with E-state index in [1.807, 2.05) is 0 Å². The van der Waals surface area contributed by atoms with Crippen LogP contribution in [0.1, 0.15) is 17.5 Å². The zero-order valence-electron chi connectivity index (χ0n) is 9.47. The van der Waals surface area contributed by atoms with Gasteiger partial charge in [-0.1, -0.05) is 0 Å². The Balaban J connectivity index is 2.06. The topological polar surface area (TPSA) is 91.1 Å². The van der Waals surface area contributed by atoms with Gasteiger partial charge in [0.15, 0.2) is 0 Å². The molecule has 0 aromatic carbocycles. The van der Waals surface area contributed by atoms with Crippen molar-refractivity contribution in [3.63, 3.8) is 0 Å². The van der Waals surface area contributed by atoms with Crippen molar-refractivity contribution < 1.29 is 4.79 Å². The molecule has 2 rings (SSSR count). The quantitative estimate of drug-likeness (QED) is 0.649. The summed E-state index contributed by atoms with van der Waals surface area (Å²) >= 11 is 0. The zero-order valence-corrected chi connectivity index (χ0v) is 9.47. The fraction of sp³-hybridized carbons (Fsp3) is 0.667. The molecule has 1 aliphatic rings. The van der Waals surface area contributed by atoms with Gasteiger partial charge in [-0.15, -0.1) is 5.10 Å². The number of nitrogens with zero attached hydrogens (tertiary/aromatic N) is 4. The molecule has 0 bridgehead atoms. The highest BCUT2D eigenvalue weighted by atomic mass is 16.2. The van der Waals surface area contributed by atoms with E-state index in [1.54, 1.807) is 4.90 Å². The number of hydrogen-bond donors (Lipinski definition) is 2. The van der Waals surface area contributed by atoms with Crippen LogP contribution in [-0.2, 0) is 0 Å². The van der Waals surface area contributed by atoms with Crippen LogP contribution in [0.5, 0.6) is 0 Å². The maximum Gasteiger partial charge on any atom is 0.291 e. The summed E-state index contributed by atoms with van der Waals surface area (Å²) < 4.78 is 0. The molecule has 0 aliphatic carbocycles.